The van der Waals surface area contributed by atoms with Gasteiger partial charge in [0.15, 0.2) is 0 Å². The number of hydrogen-bond acceptors (Lipinski definition) is 25. The standard InChI is InChI=1S/C14H23NO5.C14H18O2.C12H23NO2.C12H22O2.C11H19NO3.5C7H14O2/c1-4-11(3)14(18)15-8-10-20-13(17)7-6-9-19-12(16)5-2;1-4-11(3)13-8-6-12(7-9-13)10-16-14(15)5-2;1-6-8-13(5)9-10-15-11(14)12(3,4)7-2;1-5-11(4)8-6-7-9-14-12(13)10(2)3;1-5-9(4)10(13)12-6-7-15-11(14)8(2)3;5*1-5-7(2,3)6(8)9-4/h5,11H,2,4,6-10H2,1,3H3,(H,15,18);5-9,11H,2,4,10H2,1,3H3;6H,1,7-10H2,2-5H3;11H,2,5-9H2,1,3-4H3;9H,2,5-7H2,1,3-4H3,(H,12,13);5*5H2,1-4H3. The van der Waals surface area contributed by atoms with Crippen LogP contribution in [0, 0.1) is 50.2 Å². The van der Waals surface area contributed by atoms with E-state index < -0.39 is 11.9 Å². The van der Waals surface area contributed by atoms with E-state index in [1.165, 1.54) is 60.0 Å². The zero-order valence-electron chi connectivity index (χ0n) is 84.3. The average molecular weight is 1780 g/mol. The normalized spacial score (nSPS) is 11.5. The van der Waals surface area contributed by atoms with Gasteiger partial charge >= 0.3 is 65.7 Å². The predicted octanol–water partition coefficient (Wildman–Crippen LogP) is 19.3. The molecule has 0 radical (unpaired) electrons. The summed E-state index contributed by atoms with van der Waals surface area (Å²) in [7, 11) is 9.05. The van der Waals surface area contributed by atoms with Crippen LogP contribution in [-0.4, -0.2) is 184 Å². The maximum atomic E-state index is 11.6. The molecule has 2 N–H and O–H groups in total. The highest BCUT2D eigenvalue weighted by atomic mass is 16.6. The molecule has 0 saturated carbocycles. The second-order valence-electron chi connectivity index (χ2n) is 33.7. The SMILES string of the molecule is C=C(C)C(=O)OCCCCC(C)CC.C=C(C)C(=O)OCCNC(=O)C(C)CC.C=CC(=O)OCCCC(=O)OCCNC(=O)C(C)CC.C=CC(=O)OCc1ccc(C(C)CC)cc1.C=CCN(C)CCOC(=O)C(C)(C)CC.CCC(C)(C)C(=O)OC.CCC(C)(C)C(=O)OC.CCC(C)(C)C(=O)OC.CCC(C)(C)C(=O)OC.CCC(C)(C)C(=O)OC. The minimum Gasteiger partial charge on any atom is -0.469 e. The van der Waals surface area contributed by atoms with Crippen molar-refractivity contribution >= 4 is 77.5 Å². The molecular weight excluding hydrogens is 1600 g/mol. The van der Waals surface area contributed by atoms with E-state index in [0.29, 0.717) is 56.4 Å². The van der Waals surface area contributed by atoms with E-state index in [4.69, 9.17) is 28.4 Å². The Balaban J connectivity index is -0.000000173. The first-order valence-corrected chi connectivity index (χ1v) is 43.8. The zero-order valence-corrected chi connectivity index (χ0v) is 84.3. The number of esters is 11. The third-order valence-corrected chi connectivity index (χ3v) is 20.5. The third-order valence-electron chi connectivity index (χ3n) is 20.5. The second kappa shape index (κ2) is 78.5. The van der Waals surface area contributed by atoms with E-state index in [1.54, 1.807) is 13.8 Å². The molecule has 0 spiro atoms. The number of hydrogen-bond donors (Lipinski definition) is 2. The molecule has 1 aromatic rings. The summed E-state index contributed by atoms with van der Waals surface area (Å²) in [6, 6.07) is 8.17. The molecule has 1 rings (SSSR count). The molecule has 0 saturated heterocycles. The van der Waals surface area contributed by atoms with Gasteiger partial charge in [-0.25, -0.2) is 19.2 Å². The van der Waals surface area contributed by atoms with Crippen molar-refractivity contribution in [1.29, 1.82) is 0 Å². The number of nitrogens with zero attached hydrogens (tertiary/aromatic N) is 1. The number of ether oxygens (including phenoxy) is 11. The van der Waals surface area contributed by atoms with E-state index in [2.05, 4.69) is 112 Å². The molecule has 0 aliphatic rings. The number of carbonyl (C=O) groups is 13. The lowest BCUT2D eigenvalue weighted by molar-refractivity contribution is -0.154. The lowest BCUT2D eigenvalue weighted by Gasteiger charge is -2.21. The molecular formula is C98H175N3O24. The van der Waals surface area contributed by atoms with Gasteiger partial charge in [-0.05, 0) is 204 Å². The van der Waals surface area contributed by atoms with E-state index in [9.17, 15) is 62.3 Å². The Kier molecular flexibility index (Phi) is 84.1. The highest BCUT2D eigenvalue weighted by Gasteiger charge is 2.30. The van der Waals surface area contributed by atoms with Crippen LogP contribution in [-0.2, 0) is 121 Å². The van der Waals surface area contributed by atoms with Crippen molar-refractivity contribution in [2.45, 2.75) is 303 Å². The molecule has 0 heterocycles. The largest absolute Gasteiger partial charge is 0.469 e. The van der Waals surface area contributed by atoms with Gasteiger partial charge in [0.25, 0.3) is 0 Å². The van der Waals surface area contributed by atoms with Gasteiger partial charge in [0.05, 0.1) is 94.3 Å². The molecule has 2 amide bonds. The highest BCUT2D eigenvalue weighted by Crippen LogP contribution is 2.26. The third kappa shape index (κ3) is 74.9. The number of methoxy groups -OCH3 is 5. The first kappa shape index (κ1) is 134. The van der Waals surface area contributed by atoms with Crippen LogP contribution in [0.4, 0.5) is 0 Å². The van der Waals surface area contributed by atoms with Gasteiger partial charge in [-0.3, -0.25) is 48.1 Å². The lowest BCUT2D eigenvalue weighted by Crippen LogP contribution is -2.32. The maximum Gasteiger partial charge on any atom is 0.333 e. The smallest absolute Gasteiger partial charge is 0.333 e. The van der Waals surface area contributed by atoms with Crippen LogP contribution in [0.25, 0.3) is 0 Å². The van der Waals surface area contributed by atoms with E-state index in [1.807, 2.05) is 178 Å². The molecule has 0 bridgehead atoms. The predicted molar refractivity (Wildman–Crippen MR) is 499 cm³/mol. The topological polar surface area (TPSA) is 351 Å². The minimum atomic E-state index is -0.508. The number of nitrogens with one attached hydrogen (secondary N) is 2. The van der Waals surface area contributed by atoms with Gasteiger partial charge in [-0.1, -0.05) is 166 Å². The summed E-state index contributed by atoms with van der Waals surface area (Å²) in [4.78, 5) is 145. The Hall–Kier alpha value is -9.01. The monoisotopic (exact) mass is 1780 g/mol. The molecule has 4 atom stereocenters. The Bertz CT molecular complexity index is 3060. The molecule has 726 valence electrons. The van der Waals surface area contributed by atoms with Crippen LogP contribution < -0.4 is 10.6 Å². The molecule has 27 heteroatoms. The summed E-state index contributed by atoms with van der Waals surface area (Å²) in [6.07, 6.45) is 16.8. The Morgan fingerprint density at radius 2 is 0.736 bits per heavy atom. The van der Waals surface area contributed by atoms with Gasteiger partial charge in [0, 0.05) is 54.6 Å². The maximum absolute atomic E-state index is 11.6. The molecule has 1 aromatic carbocycles. The van der Waals surface area contributed by atoms with Crippen LogP contribution in [0.3, 0.4) is 0 Å². The Morgan fingerprint density at radius 1 is 0.408 bits per heavy atom. The van der Waals surface area contributed by atoms with Crippen molar-refractivity contribution in [3.8, 4) is 0 Å². The van der Waals surface area contributed by atoms with E-state index in [-0.39, 0.29) is 136 Å². The van der Waals surface area contributed by atoms with Crippen molar-refractivity contribution in [1.82, 2.24) is 15.5 Å². The molecule has 0 aliphatic heterocycles. The summed E-state index contributed by atoms with van der Waals surface area (Å²) >= 11 is 0. The van der Waals surface area contributed by atoms with Crippen LogP contribution in [0.1, 0.15) is 307 Å². The van der Waals surface area contributed by atoms with Gasteiger partial charge in [-0.15, -0.1) is 6.58 Å². The first-order valence-electron chi connectivity index (χ1n) is 43.8. The number of benzene rings is 1. The fraction of sp³-hybridized carbons (Fsp3) is 0.704. The van der Waals surface area contributed by atoms with Crippen molar-refractivity contribution in [3.05, 3.63) is 97.7 Å². The molecule has 0 aliphatic carbocycles. The Morgan fingerprint density at radius 3 is 1.03 bits per heavy atom. The number of likely N-dealkylation sites (N-methyl/N-ethyl adjacent to an activating group) is 1. The fourth-order valence-electron chi connectivity index (χ4n) is 7.55. The van der Waals surface area contributed by atoms with Crippen molar-refractivity contribution in [2.24, 2.45) is 50.2 Å². The summed E-state index contributed by atoms with van der Waals surface area (Å²) in [5, 5.41) is 5.36. The molecule has 0 fully saturated rings. The molecule has 27 nitrogen and oxygen atoms in total. The van der Waals surface area contributed by atoms with E-state index in [0.717, 1.165) is 101 Å². The quantitative estimate of drug-likeness (QED) is 0.0201. The van der Waals surface area contributed by atoms with Gasteiger partial charge in [0.2, 0.25) is 11.8 Å². The lowest BCUT2D eigenvalue weighted by atomic mass is 9.91. The zero-order chi connectivity index (χ0) is 99.5. The van der Waals surface area contributed by atoms with E-state index >= 15 is 0 Å². The molecule has 0 aromatic heterocycles. The van der Waals surface area contributed by atoms with Gasteiger partial charge < -0.3 is 62.7 Å². The van der Waals surface area contributed by atoms with Crippen LogP contribution in [0.15, 0.2) is 86.5 Å². The first-order chi connectivity index (χ1) is 57.9. The van der Waals surface area contributed by atoms with Crippen LogP contribution in [0.2, 0.25) is 0 Å². The minimum absolute atomic E-state index is 0.00171. The number of unbranched alkanes of at least 4 members (excludes halogenated alkanes) is 1. The number of rotatable bonds is 45. The van der Waals surface area contributed by atoms with Crippen molar-refractivity contribution < 1.29 is 114 Å². The van der Waals surface area contributed by atoms with Gasteiger partial charge in [-0.2, -0.15) is 0 Å². The summed E-state index contributed by atoms with van der Waals surface area (Å²) in [6.45, 7) is 75.3. The summed E-state index contributed by atoms with van der Waals surface area (Å²) in [5.41, 5.74) is 1.25. The summed E-state index contributed by atoms with van der Waals surface area (Å²) < 4.78 is 52.4. The van der Waals surface area contributed by atoms with Crippen LogP contribution in [0.5, 0.6) is 0 Å². The second-order valence-corrected chi connectivity index (χ2v) is 33.7. The Labute approximate surface area is 756 Å². The van der Waals surface area contributed by atoms with Gasteiger partial charge in [0.1, 0.15) is 26.4 Å². The molecule has 4 unspecified atom stereocenters. The number of carbonyl (C=O) groups excluding carboxylic acids is 13. The van der Waals surface area contributed by atoms with Crippen molar-refractivity contribution in [2.75, 3.05) is 102 Å². The fourth-order valence-corrected chi connectivity index (χ4v) is 7.55. The summed E-state index contributed by atoms with van der Waals surface area (Å²) in [5.74, 6) is -1.48. The number of amides is 2. The highest BCUT2D eigenvalue weighted by molar-refractivity contribution is 5.87. The average Bonchev–Trinajstić information content (AvgIpc) is 0.844. The van der Waals surface area contributed by atoms with Crippen LogP contribution >= 0.6 is 0 Å². The molecule has 125 heavy (non-hydrogen) atoms. The van der Waals surface area contributed by atoms with Crippen molar-refractivity contribution in [3.63, 3.8) is 0 Å².